The van der Waals surface area contributed by atoms with Crippen LogP contribution in [0.15, 0.2) is 18.2 Å². The number of hydrogen-bond acceptors (Lipinski definition) is 3. The minimum atomic E-state index is -4.70. The van der Waals surface area contributed by atoms with Gasteiger partial charge in [-0.25, -0.2) is 4.98 Å². The summed E-state index contributed by atoms with van der Waals surface area (Å²) in [4.78, 5) is 3.90. The number of rotatable bonds is 1. The van der Waals surface area contributed by atoms with Crippen LogP contribution in [0.3, 0.4) is 0 Å². The number of imidazole rings is 1. The molecule has 2 rings (SSSR count). The Morgan fingerprint density at radius 1 is 1.38 bits per heavy atom. The van der Waals surface area contributed by atoms with Crippen molar-refractivity contribution in [2.24, 2.45) is 7.05 Å². The Hall–Kier alpha value is -1.92. The van der Waals surface area contributed by atoms with Gasteiger partial charge in [0.1, 0.15) is 5.75 Å². The molecule has 0 aliphatic heterocycles. The summed E-state index contributed by atoms with van der Waals surface area (Å²) in [5, 5.41) is 0. The third-order valence-electron chi connectivity index (χ3n) is 2.12. The molecule has 4 nitrogen and oxygen atoms in total. The lowest BCUT2D eigenvalue weighted by atomic mass is 10.3. The highest BCUT2D eigenvalue weighted by Crippen LogP contribution is 2.26. The van der Waals surface area contributed by atoms with Crippen LogP contribution in [0.4, 0.5) is 19.1 Å². The Labute approximate surface area is 88.4 Å². The van der Waals surface area contributed by atoms with Gasteiger partial charge in [-0.15, -0.1) is 13.2 Å². The smallest absolute Gasteiger partial charge is 0.406 e. The summed E-state index contributed by atoms with van der Waals surface area (Å²) in [5.74, 6) is -0.0720. The molecule has 0 fully saturated rings. The molecule has 0 saturated heterocycles. The fourth-order valence-corrected chi connectivity index (χ4v) is 1.40. The van der Waals surface area contributed by atoms with Gasteiger partial charge in [0.05, 0.1) is 11.0 Å². The van der Waals surface area contributed by atoms with Crippen LogP contribution in [0.2, 0.25) is 0 Å². The third kappa shape index (κ3) is 1.88. The number of aryl methyl sites for hydroxylation is 1. The summed E-state index contributed by atoms with van der Waals surface area (Å²) in [6.45, 7) is 0. The van der Waals surface area contributed by atoms with E-state index in [1.165, 1.54) is 18.2 Å². The maximum absolute atomic E-state index is 12.0. The largest absolute Gasteiger partial charge is 0.573 e. The number of nitrogens with zero attached hydrogens (tertiary/aromatic N) is 2. The summed E-state index contributed by atoms with van der Waals surface area (Å²) in [6.07, 6.45) is -4.70. The van der Waals surface area contributed by atoms with Crippen molar-refractivity contribution < 1.29 is 17.9 Å². The van der Waals surface area contributed by atoms with E-state index in [2.05, 4.69) is 9.72 Å². The van der Waals surface area contributed by atoms with Crippen LogP contribution in [0.1, 0.15) is 0 Å². The molecule has 0 unspecified atom stereocenters. The second-order valence-electron chi connectivity index (χ2n) is 3.23. The molecule has 0 aliphatic rings. The van der Waals surface area contributed by atoms with Gasteiger partial charge < -0.3 is 15.0 Å². The van der Waals surface area contributed by atoms with Crippen LogP contribution in [0.25, 0.3) is 11.0 Å². The summed E-state index contributed by atoms with van der Waals surface area (Å²) in [6, 6.07) is 3.88. The topological polar surface area (TPSA) is 53.1 Å². The maximum Gasteiger partial charge on any atom is 0.573 e. The molecule has 7 heteroatoms. The molecule has 0 amide bonds. The van der Waals surface area contributed by atoms with Crippen LogP contribution < -0.4 is 10.5 Å². The van der Waals surface area contributed by atoms with Crippen LogP contribution in [-0.4, -0.2) is 15.9 Å². The zero-order chi connectivity index (χ0) is 11.9. The normalized spacial score (nSPS) is 12.0. The lowest BCUT2D eigenvalue weighted by Crippen LogP contribution is -2.16. The molecule has 0 saturated carbocycles. The highest BCUT2D eigenvalue weighted by molar-refractivity contribution is 5.79. The Bertz CT molecular complexity index is 533. The molecule has 2 N–H and O–H groups in total. The van der Waals surface area contributed by atoms with Crippen LogP contribution in [0.5, 0.6) is 5.75 Å². The van der Waals surface area contributed by atoms with E-state index in [9.17, 15) is 13.2 Å². The van der Waals surface area contributed by atoms with E-state index >= 15 is 0 Å². The molecule has 0 aliphatic carbocycles. The number of nitrogen functional groups attached to an aromatic ring is 1. The zero-order valence-electron chi connectivity index (χ0n) is 8.25. The fraction of sp³-hybridized carbons (Fsp3) is 0.222. The molecule has 1 aromatic heterocycles. The minimum absolute atomic E-state index is 0.235. The zero-order valence-corrected chi connectivity index (χ0v) is 8.25. The molecular formula is C9H8F3N3O. The molecule has 0 bridgehead atoms. The van der Waals surface area contributed by atoms with Crippen LogP contribution in [0, 0.1) is 0 Å². The van der Waals surface area contributed by atoms with Gasteiger partial charge in [-0.1, -0.05) is 0 Å². The van der Waals surface area contributed by atoms with E-state index in [0.717, 1.165) is 0 Å². The van der Waals surface area contributed by atoms with Crippen molar-refractivity contribution in [2.75, 3.05) is 5.73 Å². The van der Waals surface area contributed by atoms with Crippen molar-refractivity contribution in [3.05, 3.63) is 18.2 Å². The van der Waals surface area contributed by atoms with Crippen molar-refractivity contribution in [1.29, 1.82) is 0 Å². The number of ether oxygens (including phenoxy) is 1. The van der Waals surface area contributed by atoms with E-state index < -0.39 is 6.36 Å². The average Bonchev–Trinajstić information content (AvgIpc) is 2.40. The number of benzene rings is 1. The Balaban J connectivity index is 2.45. The molecule has 0 spiro atoms. The Morgan fingerprint density at radius 2 is 2.06 bits per heavy atom. The van der Waals surface area contributed by atoms with E-state index in [0.29, 0.717) is 11.0 Å². The van der Waals surface area contributed by atoms with Crippen molar-refractivity contribution in [2.45, 2.75) is 6.36 Å². The highest BCUT2D eigenvalue weighted by Gasteiger charge is 2.31. The van der Waals surface area contributed by atoms with Crippen LogP contribution >= 0.6 is 0 Å². The lowest BCUT2D eigenvalue weighted by molar-refractivity contribution is -0.274. The standard InChI is InChI=1S/C9H8F3N3O/c1-15-7-3-2-5(16-9(10,11)12)4-6(7)14-8(15)13/h2-4H,1H3,(H2,13,14). The third-order valence-corrected chi connectivity index (χ3v) is 2.12. The molecule has 0 radical (unpaired) electrons. The second kappa shape index (κ2) is 3.29. The second-order valence-corrected chi connectivity index (χ2v) is 3.23. The quantitative estimate of drug-likeness (QED) is 0.817. The number of hydrogen-bond donors (Lipinski definition) is 1. The number of fused-ring (bicyclic) bond motifs is 1. The first-order valence-electron chi connectivity index (χ1n) is 4.34. The van der Waals surface area contributed by atoms with Gasteiger partial charge in [0, 0.05) is 13.1 Å². The molecule has 0 atom stereocenters. The van der Waals surface area contributed by atoms with Gasteiger partial charge in [0.15, 0.2) is 0 Å². The SMILES string of the molecule is Cn1c(N)nc2cc(OC(F)(F)F)ccc21. The molecule has 16 heavy (non-hydrogen) atoms. The first-order chi connectivity index (χ1) is 7.37. The molecule has 86 valence electrons. The molecular weight excluding hydrogens is 223 g/mol. The Morgan fingerprint density at radius 3 is 2.69 bits per heavy atom. The van der Waals surface area contributed by atoms with Gasteiger partial charge in [0.25, 0.3) is 0 Å². The fourth-order valence-electron chi connectivity index (χ4n) is 1.40. The number of anilines is 1. The number of nitrogens with two attached hydrogens (primary N) is 1. The lowest BCUT2D eigenvalue weighted by Gasteiger charge is -2.08. The number of alkyl halides is 3. The van der Waals surface area contributed by atoms with Crippen molar-refractivity contribution in [1.82, 2.24) is 9.55 Å². The van der Waals surface area contributed by atoms with Gasteiger partial charge in [-0.3, -0.25) is 0 Å². The number of aromatic nitrogens is 2. The van der Waals surface area contributed by atoms with E-state index in [-0.39, 0.29) is 11.7 Å². The van der Waals surface area contributed by atoms with Gasteiger partial charge in [-0.2, -0.15) is 0 Å². The van der Waals surface area contributed by atoms with E-state index in [4.69, 9.17) is 5.73 Å². The van der Waals surface area contributed by atoms with Crippen molar-refractivity contribution in [3.8, 4) is 5.75 Å². The summed E-state index contributed by atoms with van der Waals surface area (Å²) in [5.41, 5.74) is 6.53. The Kier molecular flexibility index (Phi) is 2.18. The first-order valence-corrected chi connectivity index (χ1v) is 4.34. The summed E-state index contributed by atoms with van der Waals surface area (Å²) in [7, 11) is 1.68. The molecule has 1 aromatic carbocycles. The molecule has 1 heterocycles. The predicted molar refractivity (Wildman–Crippen MR) is 51.8 cm³/mol. The minimum Gasteiger partial charge on any atom is -0.406 e. The van der Waals surface area contributed by atoms with Crippen molar-refractivity contribution in [3.63, 3.8) is 0 Å². The monoisotopic (exact) mass is 231 g/mol. The van der Waals surface area contributed by atoms with Gasteiger partial charge in [-0.05, 0) is 12.1 Å². The summed E-state index contributed by atoms with van der Waals surface area (Å²) >= 11 is 0. The predicted octanol–water partition coefficient (Wildman–Crippen LogP) is 2.05. The van der Waals surface area contributed by atoms with E-state index in [1.807, 2.05) is 0 Å². The van der Waals surface area contributed by atoms with E-state index in [1.54, 1.807) is 11.6 Å². The average molecular weight is 231 g/mol. The van der Waals surface area contributed by atoms with Crippen molar-refractivity contribution >= 4 is 17.0 Å². The number of halogens is 3. The maximum atomic E-state index is 12.0. The van der Waals surface area contributed by atoms with Crippen LogP contribution in [-0.2, 0) is 7.05 Å². The highest BCUT2D eigenvalue weighted by atomic mass is 19.4. The molecule has 2 aromatic rings. The van der Waals surface area contributed by atoms with Gasteiger partial charge in [0.2, 0.25) is 5.95 Å². The summed E-state index contributed by atoms with van der Waals surface area (Å²) < 4.78 is 41.2. The van der Waals surface area contributed by atoms with Gasteiger partial charge >= 0.3 is 6.36 Å². The first kappa shape index (κ1) is 10.6.